The van der Waals surface area contributed by atoms with Crippen LogP contribution in [0.5, 0.6) is 0 Å². The van der Waals surface area contributed by atoms with Gasteiger partial charge in [-0.2, -0.15) is 5.06 Å². The number of benzene rings is 1. The Bertz CT molecular complexity index is 1110. The van der Waals surface area contributed by atoms with Crippen LogP contribution in [-0.2, 0) is 35.4 Å². The highest BCUT2D eigenvalue weighted by Crippen LogP contribution is 2.18. The fourth-order valence-corrected chi connectivity index (χ4v) is 4.07. The second-order valence-electron chi connectivity index (χ2n) is 9.90. The van der Waals surface area contributed by atoms with Crippen LogP contribution in [0.15, 0.2) is 24.3 Å². The molecule has 0 bridgehead atoms. The first-order valence-corrected chi connectivity index (χ1v) is 14.0. The van der Waals surface area contributed by atoms with Crippen LogP contribution in [0, 0.1) is 0 Å². The number of rotatable bonds is 16. The van der Waals surface area contributed by atoms with Crippen molar-refractivity contribution in [3.05, 3.63) is 29.8 Å². The summed E-state index contributed by atoms with van der Waals surface area (Å²) in [7, 11) is 3.47. The van der Waals surface area contributed by atoms with Gasteiger partial charge < -0.3 is 42.0 Å². The predicted octanol–water partition coefficient (Wildman–Crippen LogP) is -0.247. The van der Waals surface area contributed by atoms with E-state index < -0.39 is 30.0 Å². The van der Waals surface area contributed by atoms with Gasteiger partial charge in [0.2, 0.25) is 23.6 Å². The van der Waals surface area contributed by atoms with Crippen molar-refractivity contribution in [2.45, 2.75) is 57.9 Å². The number of hydrogen-bond acceptors (Lipinski definition) is 9. The Labute approximate surface area is 250 Å². The maximum absolute atomic E-state index is 12.9. The van der Waals surface area contributed by atoms with Crippen LogP contribution in [0.3, 0.4) is 0 Å². The largest absolute Gasteiger partial charge is 0.445 e. The number of primary amides is 1. The number of amides is 7. The second-order valence-corrected chi connectivity index (χ2v) is 9.90. The summed E-state index contributed by atoms with van der Waals surface area (Å²) in [6.45, 7) is 1.83. The van der Waals surface area contributed by atoms with Gasteiger partial charge >= 0.3 is 12.1 Å². The highest BCUT2D eigenvalue weighted by atomic mass is 16.7. The highest BCUT2D eigenvalue weighted by Gasteiger charge is 2.30. The van der Waals surface area contributed by atoms with Crippen molar-refractivity contribution < 1.29 is 38.3 Å². The van der Waals surface area contributed by atoms with Gasteiger partial charge in [-0.15, -0.1) is 0 Å². The summed E-state index contributed by atoms with van der Waals surface area (Å²) in [5.74, 6) is -1.62. The van der Waals surface area contributed by atoms with Crippen molar-refractivity contribution >= 4 is 41.4 Å². The quantitative estimate of drug-likeness (QED) is 0.108. The average molecular weight is 607 g/mol. The zero-order valence-electron chi connectivity index (χ0n) is 24.8. The van der Waals surface area contributed by atoms with E-state index in [2.05, 4.69) is 26.6 Å². The first kappa shape index (κ1) is 34.8. The van der Waals surface area contributed by atoms with E-state index in [1.165, 1.54) is 5.06 Å². The summed E-state index contributed by atoms with van der Waals surface area (Å²) in [6, 6.07) is 4.85. The van der Waals surface area contributed by atoms with Gasteiger partial charge in [-0.25, -0.2) is 9.59 Å². The minimum atomic E-state index is -0.944. The number of likely N-dealkylation sites (tertiary alicyclic amines) is 1. The number of carbonyl (C=O) groups is 6. The third-order valence-electron chi connectivity index (χ3n) is 6.21. The van der Waals surface area contributed by atoms with Crippen molar-refractivity contribution in [2.24, 2.45) is 5.73 Å². The number of alkyl carbamates (subject to hydrolysis) is 1. The lowest BCUT2D eigenvalue weighted by molar-refractivity contribution is -0.205. The number of hydrogen-bond donors (Lipinski definition) is 6. The van der Waals surface area contributed by atoms with Crippen LogP contribution in [0.25, 0.3) is 0 Å². The molecule has 2 unspecified atom stereocenters. The lowest BCUT2D eigenvalue weighted by Gasteiger charge is -2.26. The molecule has 7 amide bonds. The van der Waals surface area contributed by atoms with Crippen LogP contribution in [0.1, 0.15) is 44.6 Å². The summed E-state index contributed by atoms with van der Waals surface area (Å²) in [6.07, 6.45) is 1.18. The molecule has 1 aliphatic rings. The zero-order chi connectivity index (χ0) is 31.8. The molecule has 238 valence electrons. The number of nitrogens with one attached hydrogen (secondary N) is 5. The third-order valence-corrected chi connectivity index (χ3v) is 6.21. The van der Waals surface area contributed by atoms with E-state index in [4.69, 9.17) is 15.3 Å². The molecule has 16 heteroatoms. The molecule has 0 saturated carbocycles. The lowest BCUT2D eigenvalue weighted by atomic mass is 10.1. The van der Waals surface area contributed by atoms with Crippen LogP contribution in [0.4, 0.5) is 15.3 Å². The molecule has 16 nitrogen and oxygen atoms in total. The van der Waals surface area contributed by atoms with Crippen molar-refractivity contribution in [2.75, 3.05) is 45.6 Å². The van der Waals surface area contributed by atoms with Crippen LogP contribution in [0.2, 0.25) is 0 Å². The van der Waals surface area contributed by atoms with Gasteiger partial charge in [-0.05, 0) is 43.4 Å². The first-order valence-electron chi connectivity index (χ1n) is 14.0. The molecular weight excluding hydrogens is 564 g/mol. The fourth-order valence-electron chi connectivity index (χ4n) is 4.07. The number of carbonyl (C=O) groups excluding carboxylic acids is 6. The van der Waals surface area contributed by atoms with Crippen molar-refractivity contribution in [1.82, 2.24) is 31.2 Å². The van der Waals surface area contributed by atoms with Gasteiger partial charge in [-0.1, -0.05) is 19.1 Å². The predicted molar refractivity (Wildman–Crippen MR) is 155 cm³/mol. The molecule has 1 heterocycles. The van der Waals surface area contributed by atoms with Gasteiger partial charge in [-0.3, -0.25) is 24.0 Å². The summed E-state index contributed by atoms with van der Waals surface area (Å²) in [5, 5.41) is 14.2. The van der Waals surface area contributed by atoms with E-state index in [9.17, 15) is 28.8 Å². The van der Waals surface area contributed by atoms with Crippen LogP contribution < -0.4 is 32.3 Å². The first-order chi connectivity index (χ1) is 20.5. The molecule has 0 spiro atoms. The van der Waals surface area contributed by atoms with E-state index in [1.54, 1.807) is 50.2 Å². The molecule has 1 aliphatic heterocycles. The summed E-state index contributed by atoms with van der Waals surface area (Å²) in [4.78, 5) is 79.3. The Hall–Kier alpha value is -4.44. The molecule has 1 aromatic rings. The minimum Gasteiger partial charge on any atom is -0.445 e. The van der Waals surface area contributed by atoms with Gasteiger partial charge in [0.25, 0.3) is 0 Å². The Morgan fingerprint density at radius 3 is 2.40 bits per heavy atom. The maximum Gasteiger partial charge on any atom is 0.407 e. The molecule has 43 heavy (non-hydrogen) atoms. The molecule has 2 rings (SSSR count). The van der Waals surface area contributed by atoms with E-state index in [0.717, 1.165) is 6.42 Å². The number of urea groups is 1. The molecule has 1 saturated heterocycles. The number of ether oxygens (including phenoxy) is 1. The topological polar surface area (TPSA) is 214 Å². The Morgan fingerprint density at radius 1 is 1.02 bits per heavy atom. The minimum absolute atomic E-state index is 0.0701. The van der Waals surface area contributed by atoms with Crippen molar-refractivity contribution in [3.8, 4) is 0 Å². The standard InChI is InChI=1S/C27H42N8O8/c1-4-21(36)30-15-22(37)33-20(7-5-13-29-26(28)40)25(39)32-19-11-9-18(10-12-19)17-42-27(41)31-16-23(38)35-14-6-8-24(35)43-34(2)3/h9-12,20,24H,4-8,13-17H2,1-3H3,(H,30,36)(H,31,41)(H,32,39)(H,33,37)(H3,28,29,40). The SMILES string of the molecule is CCC(=O)NCC(=O)NC(CCCNC(N)=O)C(=O)Nc1ccc(COC(=O)NCC(=O)N2CCCC2ON(C)C)cc1. The normalized spacial score (nSPS) is 14.9. The summed E-state index contributed by atoms with van der Waals surface area (Å²) >= 11 is 0. The van der Waals surface area contributed by atoms with E-state index >= 15 is 0 Å². The summed E-state index contributed by atoms with van der Waals surface area (Å²) < 4.78 is 5.19. The van der Waals surface area contributed by atoms with Crippen molar-refractivity contribution in [1.29, 1.82) is 0 Å². The van der Waals surface area contributed by atoms with Crippen LogP contribution >= 0.6 is 0 Å². The highest BCUT2D eigenvalue weighted by molar-refractivity contribution is 5.97. The number of nitrogens with two attached hydrogens (primary N) is 1. The van der Waals surface area contributed by atoms with Crippen molar-refractivity contribution in [3.63, 3.8) is 0 Å². The molecule has 7 N–H and O–H groups in total. The molecule has 1 fully saturated rings. The Balaban J connectivity index is 1.83. The van der Waals surface area contributed by atoms with Gasteiger partial charge in [0.1, 0.15) is 19.2 Å². The molecule has 0 aliphatic carbocycles. The average Bonchev–Trinajstić information content (AvgIpc) is 3.43. The summed E-state index contributed by atoms with van der Waals surface area (Å²) in [5.41, 5.74) is 6.12. The smallest absolute Gasteiger partial charge is 0.407 e. The Morgan fingerprint density at radius 2 is 1.74 bits per heavy atom. The zero-order valence-corrected chi connectivity index (χ0v) is 24.8. The van der Waals surface area contributed by atoms with E-state index in [1.807, 2.05) is 0 Å². The van der Waals surface area contributed by atoms with E-state index in [-0.39, 0.29) is 57.1 Å². The number of anilines is 1. The second kappa shape index (κ2) is 18.2. The molecule has 0 aromatic heterocycles. The molecule has 1 aromatic carbocycles. The third kappa shape index (κ3) is 13.4. The number of hydroxylamine groups is 2. The van der Waals surface area contributed by atoms with Gasteiger partial charge in [0.15, 0.2) is 6.23 Å². The Kier molecular flexibility index (Phi) is 14.7. The molecule has 2 atom stereocenters. The molecular formula is C27H42N8O8. The maximum atomic E-state index is 12.9. The van der Waals surface area contributed by atoms with Gasteiger partial charge in [0.05, 0.1) is 6.54 Å². The van der Waals surface area contributed by atoms with Crippen LogP contribution in [-0.4, -0.2) is 98.3 Å². The van der Waals surface area contributed by atoms with Gasteiger partial charge in [0, 0.05) is 39.3 Å². The molecule has 0 radical (unpaired) electrons. The van der Waals surface area contributed by atoms with E-state index in [0.29, 0.717) is 30.6 Å². The lowest BCUT2D eigenvalue weighted by Crippen LogP contribution is -2.47. The number of nitrogens with zero attached hydrogens (tertiary/aromatic N) is 2. The monoisotopic (exact) mass is 606 g/mol. The fraction of sp³-hybridized carbons (Fsp3) is 0.556.